The van der Waals surface area contributed by atoms with Crippen LogP contribution in [0.15, 0.2) is 29.2 Å². The molecule has 1 nitrogen and oxygen atoms in total. The predicted octanol–water partition coefficient (Wildman–Crippen LogP) is 4.51. The molecule has 1 aliphatic carbocycles. The third-order valence-corrected chi connectivity index (χ3v) is 6.34. The minimum Gasteiger partial charge on any atom is -0.314 e. The van der Waals surface area contributed by atoms with E-state index in [4.69, 9.17) is 0 Å². The predicted molar refractivity (Wildman–Crippen MR) is 88.4 cm³/mol. The van der Waals surface area contributed by atoms with Crippen LogP contribution in [0.1, 0.15) is 45.1 Å². The molecule has 0 spiro atoms. The van der Waals surface area contributed by atoms with Gasteiger partial charge < -0.3 is 5.32 Å². The molecule has 0 saturated heterocycles. The third kappa shape index (κ3) is 3.23. The zero-order valence-corrected chi connectivity index (χ0v) is 13.6. The fourth-order valence-electron chi connectivity index (χ4n) is 4.01. The highest BCUT2D eigenvalue weighted by molar-refractivity contribution is 8.00. The van der Waals surface area contributed by atoms with Gasteiger partial charge in [0.1, 0.15) is 0 Å². The molecular formula is C18H27NS. The smallest absolute Gasteiger partial charge is 0.0138 e. The van der Waals surface area contributed by atoms with Crippen molar-refractivity contribution in [1.29, 1.82) is 0 Å². The molecule has 0 bridgehead atoms. The van der Waals surface area contributed by atoms with Crippen molar-refractivity contribution in [2.75, 3.05) is 6.54 Å². The number of fused-ring (bicyclic) bond motifs is 1. The van der Waals surface area contributed by atoms with E-state index in [0.717, 1.165) is 29.7 Å². The van der Waals surface area contributed by atoms with Gasteiger partial charge in [-0.2, -0.15) is 0 Å². The number of thioether (sulfide) groups is 1. The van der Waals surface area contributed by atoms with Gasteiger partial charge in [0.05, 0.1) is 0 Å². The Labute approximate surface area is 127 Å². The first-order valence-electron chi connectivity index (χ1n) is 8.24. The summed E-state index contributed by atoms with van der Waals surface area (Å²) < 4.78 is 0. The third-order valence-electron chi connectivity index (χ3n) is 4.99. The minimum atomic E-state index is 0.764. The van der Waals surface area contributed by atoms with Gasteiger partial charge in [-0.3, -0.25) is 0 Å². The lowest BCUT2D eigenvalue weighted by atomic mass is 9.76. The normalized spacial score (nSPS) is 33.1. The van der Waals surface area contributed by atoms with E-state index in [-0.39, 0.29) is 0 Å². The molecule has 1 aromatic rings. The lowest BCUT2D eigenvalue weighted by molar-refractivity contribution is 0.204. The fraction of sp³-hybridized carbons (Fsp3) is 0.667. The van der Waals surface area contributed by atoms with E-state index < -0.39 is 0 Å². The molecule has 1 aliphatic heterocycles. The van der Waals surface area contributed by atoms with Crippen LogP contribution in [0.2, 0.25) is 0 Å². The number of nitrogens with one attached hydrogen (secondary N) is 1. The molecule has 1 heterocycles. The Morgan fingerprint density at radius 3 is 2.90 bits per heavy atom. The van der Waals surface area contributed by atoms with Gasteiger partial charge in [-0.05, 0) is 62.1 Å². The van der Waals surface area contributed by atoms with Crippen LogP contribution < -0.4 is 5.32 Å². The second-order valence-corrected chi connectivity index (χ2v) is 7.97. The Morgan fingerprint density at radius 1 is 1.25 bits per heavy atom. The number of benzene rings is 1. The van der Waals surface area contributed by atoms with Gasteiger partial charge in [-0.15, -0.1) is 11.8 Å². The van der Waals surface area contributed by atoms with Crippen LogP contribution in [0.5, 0.6) is 0 Å². The van der Waals surface area contributed by atoms with E-state index in [0.29, 0.717) is 0 Å². The van der Waals surface area contributed by atoms with E-state index in [2.05, 4.69) is 55.2 Å². The van der Waals surface area contributed by atoms with Crippen molar-refractivity contribution in [3.63, 3.8) is 0 Å². The molecule has 0 amide bonds. The molecule has 1 fully saturated rings. The number of rotatable bonds is 4. The van der Waals surface area contributed by atoms with Gasteiger partial charge in [-0.1, -0.05) is 32.0 Å². The van der Waals surface area contributed by atoms with Crippen molar-refractivity contribution in [3.05, 3.63) is 29.8 Å². The van der Waals surface area contributed by atoms with E-state index in [9.17, 15) is 0 Å². The molecule has 2 aliphatic rings. The van der Waals surface area contributed by atoms with Crippen LogP contribution in [-0.2, 0) is 6.42 Å². The van der Waals surface area contributed by atoms with Crippen LogP contribution in [-0.4, -0.2) is 17.8 Å². The summed E-state index contributed by atoms with van der Waals surface area (Å²) in [4.78, 5) is 1.53. The lowest BCUT2D eigenvalue weighted by Gasteiger charge is -2.36. The average molecular weight is 289 g/mol. The van der Waals surface area contributed by atoms with Crippen molar-refractivity contribution in [1.82, 2.24) is 5.32 Å². The molecule has 4 atom stereocenters. The van der Waals surface area contributed by atoms with Crippen LogP contribution >= 0.6 is 11.8 Å². The summed E-state index contributed by atoms with van der Waals surface area (Å²) in [5.74, 6) is 1.80. The van der Waals surface area contributed by atoms with Crippen molar-refractivity contribution >= 4 is 11.8 Å². The SMILES string of the molecule is CCNC1CCC(C)CC1CC1Cc2ccccc2S1. The van der Waals surface area contributed by atoms with E-state index in [1.54, 1.807) is 5.56 Å². The standard InChI is InChI=1S/C18H27NS/c1-3-19-17-9-8-13(2)10-15(17)12-16-11-14-6-4-5-7-18(14)20-16/h4-7,13,15-17,19H,3,8-12H2,1-2H3. The topological polar surface area (TPSA) is 12.0 Å². The minimum absolute atomic E-state index is 0.764. The Kier molecular flexibility index (Phi) is 4.72. The second kappa shape index (κ2) is 6.53. The molecule has 1 saturated carbocycles. The van der Waals surface area contributed by atoms with E-state index in [1.807, 2.05) is 0 Å². The van der Waals surface area contributed by atoms with Crippen molar-refractivity contribution in [3.8, 4) is 0 Å². The second-order valence-electron chi connectivity index (χ2n) is 6.63. The Morgan fingerprint density at radius 2 is 2.10 bits per heavy atom. The van der Waals surface area contributed by atoms with Gasteiger partial charge in [0.15, 0.2) is 0 Å². The molecule has 0 radical (unpaired) electrons. The summed E-state index contributed by atoms with van der Waals surface area (Å²) >= 11 is 2.12. The summed E-state index contributed by atoms with van der Waals surface area (Å²) in [5, 5.41) is 4.55. The van der Waals surface area contributed by atoms with Crippen LogP contribution in [0.25, 0.3) is 0 Å². The van der Waals surface area contributed by atoms with Crippen molar-refractivity contribution in [2.45, 2.75) is 62.1 Å². The average Bonchev–Trinajstić information content (AvgIpc) is 2.84. The fourth-order valence-corrected chi connectivity index (χ4v) is 5.44. The summed E-state index contributed by atoms with van der Waals surface area (Å²) in [6.07, 6.45) is 6.88. The molecule has 2 heteroatoms. The zero-order chi connectivity index (χ0) is 13.9. The molecule has 0 aromatic heterocycles. The van der Waals surface area contributed by atoms with Gasteiger partial charge in [0.2, 0.25) is 0 Å². The number of hydrogen-bond acceptors (Lipinski definition) is 2. The Hall–Kier alpha value is -0.470. The van der Waals surface area contributed by atoms with E-state index in [1.165, 1.54) is 37.0 Å². The lowest BCUT2D eigenvalue weighted by Crippen LogP contribution is -2.41. The van der Waals surface area contributed by atoms with Crippen LogP contribution in [0.3, 0.4) is 0 Å². The van der Waals surface area contributed by atoms with Gasteiger partial charge in [0, 0.05) is 16.2 Å². The van der Waals surface area contributed by atoms with Gasteiger partial charge >= 0.3 is 0 Å². The first-order chi connectivity index (χ1) is 9.76. The van der Waals surface area contributed by atoms with Crippen molar-refractivity contribution in [2.24, 2.45) is 11.8 Å². The Bertz CT molecular complexity index is 420. The maximum Gasteiger partial charge on any atom is 0.0138 e. The maximum absolute atomic E-state index is 3.74. The van der Waals surface area contributed by atoms with Gasteiger partial charge in [0.25, 0.3) is 0 Å². The van der Waals surface area contributed by atoms with Crippen LogP contribution in [0, 0.1) is 11.8 Å². The monoisotopic (exact) mass is 289 g/mol. The molecule has 110 valence electrons. The molecular weight excluding hydrogens is 262 g/mol. The zero-order valence-electron chi connectivity index (χ0n) is 12.8. The molecule has 20 heavy (non-hydrogen) atoms. The maximum atomic E-state index is 3.74. The molecule has 1 N–H and O–H groups in total. The molecule has 3 rings (SSSR count). The Balaban J connectivity index is 1.62. The van der Waals surface area contributed by atoms with E-state index >= 15 is 0 Å². The highest BCUT2D eigenvalue weighted by Gasteiger charge is 2.32. The molecule has 1 aromatic carbocycles. The largest absolute Gasteiger partial charge is 0.314 e. The number of hydrogen-bond donors (Lipinski definition) is 1. The van der Waals surface area contributed by atoms with Gasteiger partial charge in [-0.25, -0.2) is 0 Å². The molecule has 4 unspecified atom stereocenters. The van der Waals surface area contributed by atoms with Crippen molar-refractivity contribution < 1.29 is 0 Å². The van der Waals surface area contributed by atoms with Crippen LogP contribution in [0.4, 0.5) is 0 Å². The summed E-state index contributed by atoms with van der Waals surface area (Å²) in [6.45, 7) is 5.80. The quantitative estimate of drug-likeness (QED) is 0.875. The summed E-state index contributed by atoms with van der Waals surface area (Å²) in [7, 11) is 0. The first kappa shape index (κ1) is 14.5. The summed E-state index contributed by atoms with van der Waals surface area (Å²) in [5.41, 5.74) is 1.58. The summed E-state index contributed by atoms with van der Waals surface area (Å²) in [6, 6.07) is 9.74. The first-order valence-corrected chi connectivity index (χ1v) is 9.12. The highest BCUT2D eigenvalue weighted by Crippen LogP contribution is 2.42. The highest BCUT2D eigenvalue weighted by atomic mass is 32.2.